The molecule has 0 aliphatic rings. The maximum absolute atomic E-state index is 12.9. The van der Waals surface area contributed by atoms with E-state index in [0.29, 0.717) is 5.56 Å². The van der Waals surface area contributed by atoms with Gasteiger partial charge in [-0.15, -0.1) is 0 Å². The molecule has 0 spiro atoms. The van der Waals surface area contributed by atoms with Crippen LogP contribution in [0.3, 0.4) is 0 Å². The first-order valence-electron chi connectivity index (χ1n) is 9.85. The summed E-state index contributed by atoms with van der Waals surface area (Å²) in [6.45, 7) is 1.99. The summed E-state index contributed by atoms with van der Waals surface area (Å²) in [5.41, 5.74) is 7.48. The Morgan fingerprint density at radius 1 is 0.767 bits per heavy atom. The molecular formula is C26H23N3O. The lowest BCUT2D eigenvalue weighted by molar-refractivity contribution is 0.102. The Morgan fingerprint density at radius 2 is 1.47 bits per heavy atom. The van der Waals surface area contributed by atoms with Gasteiger partial charge in [-0.05, 0) is 53.4 Å². The topological polar surface area (TPSA) is 54.0 Å². The number of anilines is 2. The minimum atomic E-state index is -0.175. The monoisotopic (exact) mass is 393 g/mol. The van der Waals surface area contributed by atoms with Crippen molar-refractivity contribution in [3.05, 3.63) is 102 Å². The molecule has 0 saturated heterocycles. The predicted molar refractivity (Wildman–Crippen MR) is 124 cm³/mol. The molecule has 2 N–H and O–H groups in total. The summed E-state index contributed by atoms with van der Waals surface area (Å²) in [5.74, 6) is -0.175. The lowest BCUT2D eigenvalue weighted by Gasteiger charge is -2.12. The van der Waals surface area contributed by atoms with Crippen LogP contribution in [0.25, 0.3) is 22.3 Å². The van der Waals surface area contributed by atoms with Crippen LogP contribution in [0.15, 0.2) is 91.3 Å². The first-order chi connectivity index (χ1) is 14.6. The number of amides is 1. The molecule has 0 fully saturated rings. The van der Waals surface area contributed by atoms with E-state index in [0.717, 1.165) is 39.2 Å². The van der Waals surface area contributed by atoms with E-state index in [4.69, 9.17) is 0 Å². The number of aryl methyl sites for hydroxylation is 1. The summed E-state index contributed by atoms with van der Waals surface area (Å²) in [5, 5.41) is 6.17. The van der Waals surface area contributed by atoms with Crippen LogP contribution in [-0.4, -0.2) is 17.9 Å². The van der Waals surface area contributed by atoms with E-state index in [2.05, 4.69) is 33.8 Å². The summed E-state index contributed by atoms with van der Waals surface area (Å²) in [6.07, 6.45) is 3.37. The quantitative estimate of drug-likeness (QED) is 0.436. The van der Waals surface area contributed by atoms with Crippen LogP contribution >= 0.6 is 0 Å². The highest BCUT2D eigenvalue weighted by atomic mass is 16.1. The molecule has 4 rings (SSSR count). The van der Waals surface area contributed by atoms with Crippen molar-refractivity contribution in [2.45, 2.75) is 6.92 Å². The number of pyridine rings is 1. The zero-order valence-electron chi connectivity index (χ0n) is 17.0. The Bertz CT molecular complexity index is 1170. The van der Waals surface area contributed by atoms with Crippen molar-refractivity contribution in [3.63, 3.8) is 0 Å². The molecule has 148 valence electrons. The van der Waals surface area contributed by atoms with Crippen molar-refractivity contribution < 1.29 is 4.79 Å². The normalized spacial score (nSPS) is 10.5. The molecule has 30 heavy (non-hydrogen) atoms. The van der Waals surface area contributed by atoms with E-state index in [-0.39, 0.29) is 5.91 Å². The van der Waals surface area contributed by atoms with Crippen LogP contribution in [-0.2, 0) is 0 Å². The van der Waals surface area contributed by atoms with Crippen molar-refractivity contribution in [2.24, 2.45) is 0 Å². The zero-order chi connectivity index (χ0) is 20.9. The van der Waals surface area contributed by atoms with Crippen molar-refractivity contribution in [3.8, 4) is 22.3 Å². The molecular weight excluding hydrogens is 370 g/mol. The maximum Gasteiger partial charge on any atom is 0.257 e. The second-order valence-corrected chi connectivity index (χ2v) is 7.14. The standard InChI is InChI=1S/C26H23N3O/c1-18-8-9-21(20-10-12-24(27-2)13-11-20)15-25(18)29-26(30)23-14-22(16-28-17-23)19-6-4-3-5-7-19/h3-17,27H,1-2H3,(H,29,30). The SMILES string of the molecule is CNc1ccc(-c2ccc(C)c(NC(=O)c3cncc(-c4ccccc4)c3)c2)cc1. The number of aromatic nitrogens is 1. The first kappa shape index (κ1) is 19.4. The molecule has 1 amide bonds. The minimum absolute atomic E-state index is 0.175. The molecule has 4 nitrogen and oxygen atoms in total. The molecule has 1 heterocycles. The molecule has 0 aliphatic carbocycles. The Hall–Kier alpha value is -3.92. The molecule has 0 atom stereocenters. The Morgan fingerprint density at radius 3 is 2.20 bits per heavy atom. The van der Waals surface area contributed by atoms with E-state index in [1.54, 1.807) is 12.4 Å². The summed E-state index contributed by atoms with van der Waals surface area (Å²) in [4.78, 5) is 17.2. The third kappa shape index (κ3) is 4.23. The Labute approximate surface area is 176 Å². The molecule has 0 aliphatic heterocycles. The van der Waals surface area contributed by atoms with Gasteiger partial charge in [-0.3, -0.25) is 9.78 Å². The van der Waals surface area contributed by atoms with Crippen LogP contribution in [0.5, 0.6) is 0 Å². The molecule has 0 bridgehead atoms. The van der Waals surface area contributed by atoms with Gasteiger partial charge in [-0.1, -0.05) is 54.6 Å². The van der Waals surface area contributed by atoms with Gasteiger partial charge in [0.05, 0.1) is 5.56 Å². The van der Waals surface area contributed by atoms with Crippen LogP contribution in [0, 0.1) is 6.92 Å². The lowest BCUT2D eigenvalue weighted by Crippen LogP contribution is -2.13. The average Bonchev–Trinajstić information content (AvgIpc) is 2.81. The molecule has 4 aromatic rings. The van der Waals surface area contributed by atoms with Gasteiger partial charge in [0, 0.05) is 36.4 Å². The van der Waals surface area contributed by atoms with Crippen LogP contribution in [0.4, 0.5) is 11.4 Å². The van der Waals surface area contributed by atoms with E-state index in [9.17, 15) is 4.79 Å². The molecule has 3 aromatic carbocycles. The second kappa shape index (κ2) is 8.62. The molecule has 0 radical (unpaired) electrons. The maximum atomic E-state index is 12.9. The number of carbonyl (C=O) groups excluding carboxylic acids is 1. The number of carbonyl (C=O) groups is 1. The van der Waals surface area contributed by atoms with Gasteiger partial charge >= 0.3 is 0 Å². The highest BCUT2D eigenvalue weighted by molar-refractivity contribution is 6.05. The summed E-state index contributed by atoms with van der Waals surface area (Å²) < 4.78 is 0. The predicted octanol–water partition coefficient (Wildman–Crippen LogP) is 6.02. The molecule has 0 unspecified atom stereocenters. The van der Waals surface area contributed by atoms with Crippen molar-refractivity contribution in [1.82, 2.24) is 4.98 Å². The fraction of sp³-hybridized carbons (Fsp3) is 0.0769. The van der Waals surface area contributed by atoms with Gasteiger partial charge < -0.3 is 10.6 Å². The number of rotatable bonds is 5. The van der Waals surface area contributed by atoms with Gasteiger partial charge in [0.25, 0.3) is 5.91 Å². The Kier molecular flexibility index (Phi) is 5.57. The van der Waals surface area contributed by atoms with E-state index >= 15 is 0 Å². The smallest absolute Gasteiger partial charge is 0.257 e. The third-order valence-electron chi connectivity index (χ3n) is 5.10. The van der Waals surface area contributed by atoms with Crippen molar-refractivity contribution >= 4 is 17.3 Å². The van der Waals surface area contributed by atoms with Crippen LogP contribution in [0.2, 0.25) is 0 Å². The zero-order valence-corrected chi connectivity index (χ0v) is 17.0. The van der Waals surface area contributed by atoms with Crippen LogP contribution in [0.1, 0.15) is 15.9 Å². The van der Waals surface area contributed by atoms with Gasteiger partial charge in [0.2, 0.25) is 0 Å². The largest absolute Gasteiger partial charge is 0.388 e. The summed E-state index contributed by atoms with van der Waals surface area (Å²) in [7, 11) is 1.90. The summed E-state index contributed by atoms with van der Waals surface area (Å²) in [6, 6.07) is 26.1. The third-order valence-corrected chi connectivity index (χ3v) is 5.10. The van der Waals surface area contributed by atoms with Crippen molar-refractivity contribution in [2.75, 3.05) is 17.7 Å². The number of nitrogens with one attached hydrogen (secondary N) is 2. The van der Waals surface area contributed by atoms with Gasteiger partial charge in [0.1, 0.15) is 0 Å². The highest BCUT2D eigenvalue weighted by Gasteiger charge is 2.11. The van der Waals surface area contributed by atoms with Gasteiger partial charge in [-0.25, -0.2) is 0 Å². The average molecular weight is 393 g/mol. The Balaban J connectivity index is 1.59. The highest BCUT2D eigenvalue weighted by Crippen LogP contribution is 2.27. The van der Waals surface area contributed by atoms with E-state index in [1.165, 1.54) is 0 Å². The molecule has 1 aromatic heterocycles. The number of hydrogen-bond donors (Lipinski definition) is 2. The van der Waals surface area contributed by atoms with Gasteiger partial charge in [0.15, 0.2) is 0 Å². The second-order valence-electron chi connectivity index (χ2n) is 7.14. The fourth-order valence-corrected chi connectivity index (χ4v) is 3.31. The van der Waals surface area contributed by atoms with E-state index < -0.39 is 0 Å². The number of nitrogens with zero attached hydrogens (tertiary/aromatic N) is 1. The number of hydrogen-bond acceptors (Lipinski definition) is 3. The summed E-state index contributed by atoms with van der Waals surface area (Å²) >= 11 is 0. The van der Waals surface area contributed by atoms with E-state index in [1.807, 2.05) is 74.6 Å². The van der Waals surface area contributed by atoms with Gasteiger partial charge in [-0.2, -0.15) is 0 Å². The first-order valence-corrected chi connectivity index (χ1v) is 9.85. The lowest BCUT2D eigenvalue weighted by atomic mass is 10.0. The van der Waals surface area contributed by atoms with Crippen molar-refractivity contribution in [1.29, 1.82) is 0 Å². The molecule has 0 saturated carbocycles. The fourth-order valence-electron chi connectivity index (χ4n) is 3.31. The molecule has 4 heteroatoms. The number of benzene rings is 3. The van der Waals surface area contributed by atoms with Crippen LogP contribution < -0.4 is 10.6 Å². The minimum Gasteiger partial charge on any atom is -0.388 e.